The minimum absolute atomic E-state index is 0.156. The Balaban J connectivity index is 3.20. The molecule has 0 aromatic carbocycles. The van der Waals surface area contributed by atoms with Gasteiger partial charge in [0.25, 0.3) is 0 Å². The molecule has 0 heterocycles. The van der Waals surface area contributed by atoms with Gasteiger partial charge in [-0.3, -0.25) is 4.79 Å². The van der Waals surface area contributed by atoms with Crippen molar-refractivity contribution in [3.8, 4) is 0 Å². The summed E-state index contributed by atoms with van der Waals surface area (Å²) in [6, 6.07) is 0. The molecule has 0 aliphatic heterocycles. The minimum Gasteiger partial charge on any atom is -0.355 e. The van der Waals surface area contributed by atoms with Gasteiger partial charge >= 0.3 is 0 Å². The molecule has 13 heavy (non-hydrogen) atoms. The second-order valence-electron chi connectivity index (χ2n) is 3.33. The first-order valence-corrected chi connectivity index (χ1v) is 5.32. The van der Waals surface area contributed by atoms with Crippen molar-refractivity contribution in [2.24, 2.45) is 0 Å². The highest BCUT2D eigenvalue weighted by atomic mass is 32.1. The zero-order chi connectivity index (χ0) is 10.1. The van der Waals surface area contributed by atoms with E-state index in [1.54, 1.807) is 0 Å². The van der Waals surface area contributed by atoms with E-state index in [2.05, 4.69) is 17.9 Å². The monoisotopic (exact) mass is 204 g/mol. The summed E-state index contributed by atoms with van der Waals surface area (Å²) in [4.78, 5) is 13.2. The Morgan fingerprint density at radius 3 is 2.62 bits per heavy atom. The molecule has 0 fully saturated rings. The number of thiol groups is 1. The Hall–Kier alpha value is -0.220. The van der Waals surface area contributed by atoms with Crippen molar-refractivity contribution >= 4 is 18.5 Å². The third kappa shape index (κ3) is 9.70. The predicted octanol–water partition coefficient (Wildman–Crippen LogP) is 0.764. The molecular formula is C9H20N2OS. The first-order valence-electron chi connectivity index (χ1n) is 4.69. The van der Waals surface area contributed by atoms with Crippen LogP contribution in [0.4, 0.5) is 0 Å². The molecule has 0 atom stereocenters. The van der Waals surface area contributed by atoms with Gasteiger partial charge in [0.05, 0.1) is 0 Å². The summed E-state index contributed by atoms with van der Waals surface area (Å²) >= 11 is 4.08. The lowest BCUT2D eigenvalue weighted by atomic mass is 10.2. The van der Waals surface area contributed by atoms with Crippen LogP contribution >= 0.6 is 12.6 Å². The Morgan fingerprint density at radius 1 is 1.38 bits per heavy atom. The van der Waals surface area contributed by atoms with Gasteiger partial charge in [-0.25, -0.2) is 0 Å². The van der Waals surface area contributed by atoms with Crippen LogP contribution < -0.4 is 5.32 Å². The maximum Gasteiger partial charge on any atom is 0.220 e. The Morgan fingerprint density at radius 2 is 2.08 bits per heavy atom. The van der Waals surface area contributed by atoms with Crippen LogP contribution in [0.15, 0.2) is 0 Å². The van der Waals surface area contributed by atoms with E-state index in [-0.39, 0.29) is 5.91 Å². The second kappa shape index (κ2) is 8.38. The van der Waals surface area contributed by atoms with Crippen molar-refractivity contribution < 1.29 is 4.79 Å². The number of likely N-dealkylation sites (N-methyl/N-ethyl adjacent to an activating group) is 1. The van der Waals surface area contributed by atoms with Gasteiger partial charge in [-0.05, 0) is 32.7 Å². The average Bonchev–Trinajstić information content (AvgIpc) is 2.04. The van der Waals surface area contributed by atoms with Gasteiger partial charge in [-0.1, -0.05) is 0 Å². The molecule has 0 saturated carbocycles. The first-order chi connectivity index (χ1) is 6.16. The van der Waals surface area contributed by atoms with Crippen molar-refractivity contribution in [3.05, 3.63) is 0 Å². The Kier molecular flexibility index (Phi) is 8.24. The van der Waals surface area contributed by atoms with Crippen molar-refractivity contribution in [3.63, 3.8) is 0 Å². The molecule has 0 rings (SSSR count). The third-order valence-electron chi connectivity index (χ3n) is 1.69. The molecule has 1 amide bonds. The highest BCUT2D eigenvalue weighted by Gasteiger charge is 1.99. The summed E-state index contributed by atoms with van der Waals surface area (Å²) in [5.41, 5.74) is 0. The van der Waals surface area contributed by atoms with Crippen LogP contribution in [0.1, 0.15) is 19.3 Å². The number of amides is 1. The quantitative estimate of drug-likeness (QED) is 0.474. The molecule has 0 radical (unpaired) electrons. The van der Waals surface area contributed by atoms with Gasteiger partial charge in [0, 0.05) is 19.5 Å². The van der Waals surface area contributed by atoms with Gasteiger partial charge in [0.15, 0.2) is 0 Å². The van der Waals surface area contributed by atoms with Crippen LogP contribution in [0.2, 0.25) is 0 Å². The largest absolute Gasteiger partial charge is 0.355 e. The zero-order valence-corrected chi connectivity index (χ0v) is 9.44. The SMILES string of the molecule is CN(C)CCNC(=O)CCCCS. The fraction of sp³-hybridized carbons (Fsp3) is 0.889. The van der Waals surface area contributed by atoms with Crippen LogP contribution in [0.3, 0.4) is 0 Å². The molecule has 1 N–H and O–H groups in total. The van der Waals surface area contributed by atoms with Crippen molar-refractivity contribution in [2.75, 3.05) is 32.9 Å². The molecular weight excluding hydrogens is 184 g/mol. The van der Waals surface area contributed by atoms with Crippen molar-refractivity contribution in [1.82, 2.24) is 10.2 Å². The highest BCUT2D eigenvalue weighted by molar-refractivity contribution is 7.80. The molecule has 0 spiro atoms. The van der Waals surface area contributed by atoms with Gasteiger partial charge in [-0.2, -0.15) is 12.6 Å². The number of carbonyl (C=O) groups is 1. The number of nitrogens with zero attached hydrogens (tertiary/aromatic N) is 1. The van der Waals surface area contributed by atoms with E-state index in [4.69, 9.17) is 0 Å². The molecule has 0 aromatic heterocycles. The van der Waals surface area contributed by atoms with E-state index in [0.717, 1.165) is 31.7 Å². The van der Waals surface area contributed by atoms with E-state index in [9.17, 15) is 4.79 Å². The lowest BCUT2D eigenvalue weighted by Crippen LogP contribution is -2.31. The van der Waals surface area contributed by atoms with Crippen molar-refractivity contribution in [2.45, 2.75) is 19.3 Å². The maximum absolute atomic E-state index is 11.1. The fourth-order valence-corrected chi connectivity index (χ4v) is 1.13. The lowest BCUT2D eigenvalue weighted by molar-refractivity contribution is -0.121. The molecule has 78 valence electrons. The van der Waals surface area contributed by atoms with Crippen LogP contribution in [0.25, 0.3) is 0 Å². The van der Waals surface area contributed by atoms with E-state index in [1.807, 2.05) is 19.0 Å². The highest BCUT2D eigenvalue weighted by Crippen LogP contribution is 1.96. The molecule has 0 bridgehead atoms. The Bertz CT molecular complexity index is 140. The molecule has 0 saturated heterocycles. The van der Waals surface area contributed by atoms with Gasteiger partial charge < -0.3 is 10.2 Å². The number of carbonyl (C=O) groups excluding carboxylic acids is 1. The summed E-state index contributed by atoms with van der Waals surface area (Å²) in [5, 5.41) is 2.87. The summed E-state index contributed by atoms with van der Waals surface area (Å²) in [6.07, 6.45) is 2.59. The topological polar surface area (TPSA) is 32.3 Å². The smallest absolute Gasteiger partial charge is 0.220 e. The molecule has 3 nitrogen and oxygen atoms in total. The molecule has 4 heteroatoms. The summed E-state index contributed by atoms with van der Waals surface area (Å²) in [5.74, 6) is 1.02. The van der Waals surface area contributed by atoms with Crippen LogP contribution in [0.5, 0.6) is 0 Å². The molecule has 0 aliphatic carbocycles. The number of nitrogens with one attached hydrogen (secondary N) is 1. The van der Waals surface area contributed by atoms with E-state index in [0.29, 0.717) is 6.42 Å². The van der Waals surface area contributed by atoms with Crippen molar-refractivity contribution in [1.29, 1.82) is 0 Å². The fourth-order valence-electron chi connectivity index (χ4n) is 0.905. The number of unbranched alkanes of at least 4 members (excludes halogenated alkanes) is 1. The molecule has 0 aliphatic rings. The van der Waals surface area contributed by atoms with Gasteiger partial charge in [0.1, 0.15) is 0 Å². The summed E-state index contributed by atoms with van der Waals surface area (Å²) in [7, 11) is 3.99. The van der Waals surface area contributed by atoms with Gasteiger partial charge in [-0.15, -0.1) is 0 Å². The Labute approximate surface area is 86.3 Å². The molecule has 0 unspecified atom stereocenters. The maximum atomic E-state index is 11.1. The van der Waals surface area contributed by atoms with E-state index in [1.165, 1.54) is 0 Å². The zero-order valence-electron chi connectivity index (χ0n) is 8.55. The third-order valence-corrected chi connectivity index (χ3v) is 2.01. The molecule has 0 aromatic rings. The first kappa shape index (κ1) is 12.8. The standard InChI is InChI=1S/C9H20N2OS/c1-11(2)7-6-10-9(12)5-3-4-8-13/h13H,3-8H2,1-2H3,(H,10,12). The lowest BCUT2D eigenvalue weighted by Gasteiger charge is -2.09. The summed E-state index contributed by atoms with van der Waals surface area (Å²) < 4.78 is 0. The summed E-state index contributed by atoms with van der Waals surface area (Å²) in [6.45, 7) is 1.64. The number of rotatable bonds is 7. The van der Waals surface area contributed by atoms with Crippen LogP contribution in [0, 0.1) is 0 Å². The van der Waals surface area contributed by atoms with Crippen LogP contribution in [-0.4, -0.2) is 43.7 Å². The average molecular weight is 204 g/mol. The van der Waals surface area contributed by atoms with E-state index >= 15 is 0 Å². The minimum atomic E-state index is 0.156. The van der Waals surface area contributed by atoms with E-state index < -0.39 is 0 Å². The number of hydrogen-bond donors (Lipinski definition) is 2. The van der Waals surface area contributed by atoms with Gasteiger partial charge in [0.2, 0.25) is 5.91 Å². The predicted molar refractivity (Wildman–Crippen MR) is 59.3 cm³/mol. The second-order valence-corrected chi connectivity index (χ2v) is 3.78. The number of hydrogen-bond acceptors (Lipinski definition) is 3. The van der Waals surface area contributed by atoms with Crippen LogP contribution in [-0.2, 0) is 4.79 Å². The normalized spacial score (nSPS) is 10.5.